The van der Waals surface area contributed by atoms with Crippen LogP contribution in [0.5, 0.6) is 5.75 Å². The highest BCUT2D eigenvalue weighted by molar-refractivity contribution is 7.71. The third-order valence-electron chi connectivity index (χ3n) is 3.71. The molecule has 1 aromatic heterocycles. The number of methoxy groups -OCH3 is 1. The number of fused-ring (bicyclic) bond motifs is 1. The lowest BCUT2D eigenvalue weighted by molar-refractivity contribution is -0.121. The predicted molar refractivity (Wildman–Crippen MR) is 84.1 cm³/mol. The molecule has 1 aliphatic carbocycles. The van der Waals surface area contributed by atoms with E-state index in [0.717, 1.165) is 42.6 Å². The number of aromatic amines is 1. The molecule has 2 N–H and O–H groups in total. The van der Waals surface area contributed by atoms with Gasteiger partial charge in [-0.3, -0.25) is 4.79 Å². The molecule has 0 atom stereocenters. The number of H-pyrrole nitrogens is 1. The molecule has 0 radical (unpaired) electrons. The first-order valence-corrected chi connectivity index (χ1v) is 7.64. The third-order valence-corrected chi connectivity index (χ3v) is 4.03. The quantitative estimate of drug-likeness (QED) is 0.807. The molecule has 0 aliphatic heterocycles. The molecule has 0 bridgehead atoms. The van der Waals surface area contributed by atoms with Gasteiger partial charge in [-0.25, -0.2) is 0 Å². The Bertz CT molecular complexity index is 715. The fraction of sp³-hybridized carbons (Fsp3) is 0.467. The van der Waals surface area contributed by atoms with Crippen molar-refractivity contribution in [1.29, 1.82) is 0 Å². The molecule has 5 nitrogen and oxygen atoms in total. The van der Waals surface area contributed by atoms with E-state index >= 15 is 0 Å². The summed E-state index contributed by atoms with van der Waals surface area (Å²) in [6.07, 6.45) is 3.56. The molecule has 2 aromatic rings. The van der Waals surface area contributed by atoms with Gasteiger partial charge in [0.2, 0.25) is 5.91 Å². The van der Waals surface area contributed by atoms with Gasteiger partial charge in [-0.2, -0.15) is 0 Å². The third kappa shape index (κ3) is 3.26. The van der Waals surface area contributed by atoms with Gasteiger partial charge in [-0.1, -0.05) is 0 Å². The topological polar surface area (TPSA) is 59.0 Å². The number of amides is 1. The maximum absolute atomic E-state index is 11.7. The summed E-state index contributed by atoms with van der Waals surface area (Å²) in [6, 6.07) is 6.25. The average molecular weight is 305 g/mol. The number of nitrogens with zero attached hydrogens (tertiary/aromatic N) is 1. The molecule has 6 heteroatoms. The van der Waals surface area contributed by atoms with Crippen LogP contribution in [-0.2, 0) is 11.3 Å². The van der Waals surface area contributed by atoms with Crippen LogP contribution in [0, 0.1) is 4.77 Å². The Balaban J connectivity index is 1.68. The standard InChI is InChI=1S/C15H19N3O2S/c1-20-11-6-7-12-13(9-11)18(15(21)17-12)8-2-3-14(19)16-10-4-5-10/h6-7,9-10H,2-5,8H2,1H3,(H,16,19)(H,17,21). The summed E-state index contributed by atoms with van der Waals surface area (Å²) in [5, 5.41) is 3.00. The van der Waals surface area contributed by atoms with Crippen molar-refractivity contribution in [2.24, 2.45) is 0 Å². The Morgan fingerprint density at radius 1 is 1.52 bits per heavy atom. The summed E-state index contributed by atoms with van der Waals surface area (Å²) in [6.45, 7) is 0.726. The van der Waals surface area contributed by atoms with Crippen LogP contribution in [0.3, 0.4) is 0 Å². The predicted octanol–water partition coefficient (Wildman–Crippen LogP) is 2.77. The number of nitrogens with one attached hydrogen (secondary N) is 2. The molecular formula is C15H19N3O2S. The lowest BCUT2D eigenvalue weighted by Crippen LogP contribution is -2.25. The highest BCUT2D eigenvalue weighted by Gasteiger charge is 2.22. The zero-order valence-corrected chi connectivity index (χ0v) is 12.8. The molecule has 1 heterocycles. The molecule has 0 spiro atoms. The van der Waals surface area contributed by atoms with E-state index in [1.807, 2.05) is 22.8 Å². The molecule has 1 amide bonds. The second kappa shape index (κ2) is 5.89. The summed E-state index contributed by atoms with van der Waals surface area (Å²) in [4.78, 5) is 14.9. The van der Waals surface area contributed by atoms with E-state index in [2.05, 4.69) is 10.3 Å². The molecule has 0 saturated heterocycles. The minimum atomic E-state index is 0.140. The molecule has 1 saturated carbocycles. The van der Waals surface area contributed by atoms with E-state index in [9.17, 15) is 4.79 Å². The number of aromatic nitrogens is 2. The van der Waals surface area contributed by atoms with Crippen molar-refractivity contribution in [1.82, 2.24) is 14.9 Å². The van der Waals surface area contributed by atoms with Crippen molar-refractivity contribution in [3.63, 3.8) is 0 Å². The van der Waals surface area contributed by atoms with E-state index in [4.69, 9.17) is 17.0 Å². The van der Waals surface area contributed by atoms with Gasteiger partial charge >= 0.3 is 0 Å². The summed E-state index contributed by atoms with van der Waals surface area (Å²) >= 11 is 5.36. The molecular weight excluding hydrogens is 286 g/mol. The van der Waals surface area contributed by atoms with Gasteiger partial charge in [0, 0.05) is 25.1 Å². The van der Waals surface area contributed by atoms with Gasteiger partial charge in [-0.05, 0) is 43.6 Å². The van der Waals surface area contributed by atoms with Crippen molar-refractivity contribution in [3.05, 3.63) is 23.0 Å². The number of aryl methyl sites for hydroxylation is 1. The van der Waals surface area contributed by atoms with Crippen molar-refractivity contribution in [2.45, 2.75) is 38.3 Å². The SMILES string of the molecule is COc1ccc2[nH]c(=S)n(CCCC(=O)NC3CC3)c2c1. The fourth-order valence-electron chi connectivity index (χ4n) is 2.41. The van der Waals surface area contributed by atoms with Crippen LogP contribution in [0.25, 0.3) is 11.0 Å². The highest BCUT2D eigenvalue weighted by atomic mass is 32.1. The zero-order valence-electron chi connectivity index (χ0n) is 12.0. The molecule has 1 aromatic carbocycles. The second-order valence-corrected chi connectivity index (χ2v) is 5.80. The number of ether oxygens (including phenoxy) is 1. The van der Waals surface area contributed by atoms with Crippen LogP contribution >= 0.6 is 12.2 Å². The Morgan fingerprint density at radius 3 is 3.05 bits per heavy atom. The second-order valence-electron chi connectivity index (χ2n) is 5.41. The summed E-state index contributed by atoms with van der Waals surface area (Å²) in [5.74, 6) is 0.943. The number of rotatable bonds is 6. The lowest BCUT2D eigenvalue weighted by Gasteiger charge is -2.06. The van der Waals surface area contributed by atoms with Crippen LogP contribution in [0.15, 0.2) is 18.2 Å². The van der Waals surface area contributed by atoms with E-state index in [1.165, 1.54) is 0 Å². The molecule has 0 unspecified atom stereocenters. The van der Waals surface area contributed by atoms with E-state index in [1.54, 1.807) is 7.11 Å². The summed E-state index contributed by atoms with van der Waals surface area (Å²) in [5.41, 5.74) is 2.00. The van der Waals surface area contributed by atoms with Crippen LogP contribution in [-0.4, -0.2) is 28.6 Å². The normalized spacial score (nSPS) is 14.3. The van der Waals surface area contributed by atoms with Gasteiger partial charge in [0.15, 0.2) is 4.77 Å². The Hall–Kier alpha value is -1.82. The van der Waals surface area contributed by atoms with Crippen molar-refractivity contribution in [3.8, 4) is 5.75 Å². The van der Waals surface area contributed by atoms with Gasteiger partial charge in [0.05, 0.1) is 18.1 Å². The fourth-order valence-corrected chi connectivity index (χ4v) is 2.71. The smallest absolute Gasteiger partial charge is 0.220 e. The minimum Gasteiger partial charge on any atom is -0.497 e. The number of carbonyl (C=O) groups is 1. The number of hydrogen-bond acceptors (Lipinski definition) is 3. The monoisotopic (exact) mass is 305 g/mol. The first-order chi connectivity index (χ1) is 10.2. The lowest BCUT2D eigenvalue weighted by atomic mass is 10.2. The molecule has 1 fully saturated rings. The largest absolute Gasteiger partial charge is 0.497 e. The maximum Gasteiger partial charge on any atom is 0.220 e. The van der Waals surface area contributed by atoms with Gasteiger partial charge in [0.25, 0.3) is 0 Å². The number of carbonyl (C=O) groups excluding carboxylic acids is 1. The van der Waals surface area contributed by atoms with Crippen LogP contribution in [0.1, 0.15) is 25.7 Å². The van der Waals surface area contributed by atoms with Gasteiger partial charge < -0.3 is 19.6 Å². The van der Waals surface area contributed by atoms with Crippen molar-refractivity contribution < 1.29 is 9.53 Å². The van der Waals surface area contributed by atoms with E-state index in [-0.39, 0.29) is 5.91 Å². The first-order valence-electron chi connectivity index (χ1n) is 7.23. The molecule has 1 aliphatic rings. The van der Waals surface area contributed by atoms with Crippen LogP contribution in [0.4, 0.5) is 0 Å². The van der Waals surface area contributed by atoms with Gasteiger partial charge in [0.1, 0.15) is 5.75 Å². The summed E-state index contributed by atoms with van der Waals surface area (Å²) < 4.78 is 7.96. The Morgan fingerprint density at radius 2 is 2.33 bits per heavy atom. The van der Waals surface area contributed by atoms with Crippen LogP contribution < -0.4 is 10.1 Å². The Labute approximate surface area is 128 Å². The van der Waals surface area contributed by atoms with E-state index < -0.39 is 0 Å². The first kappa shape index (κ1) is 14.1. The maximum atomic E-state index is 11.7. The summed E-state index contributed by atoms with van der Waals surface area (Å²) in [7, 11) is 1.65. The molecule has 21 heavy (non-hydrogen) atoms. The number of imidazole rings is 1. The van der Waals surface area contributed by atoms with Crippen LogP contribution in [0.2, 0.25) is 0 Å². The van der Waals surface area contributed by atoms with Gasteiger partial charge in [-0.15, -0.1) is 0 Å². The number of benzene rings is 1. The molecule has 112 valence electrons. The zero-order chi connectivity index (χ0) is 14.8. The minimum absolute atomic E-state index is 0.140. The highest BCUT2D eigenvalue weighted by Crippen LogP contribution is 2.21. The molecule has 3 rings (SSSR count). The Kier molecular flexibility index (Phi) is 3.96. The van der Waals surface area contributed by atoms with E-state index in [0.29, 0.717) is 17.2 Å². The average Bonchev–Trinajstić information content (AvgIpc) is 3.22. The van der Waals surface area contributed by atoms with Crippen molar-refractivity contribution >= 4 is 29.2 Å². The number of hydrogen-bond donors (Lipinski definition) is 2. The van der Waals surface area contributed by atoms with Crippen molar-refractivity contribution in [2.75, 3.05) is 7.11 Å².